The number of halogens is 1. The topological polar surface area (TPSA) is 72.7 Å². The number of carbonyl (C=O) groups is 1. The number of nitrogens with one attached hydrogen (secondary N) is 1. The summed E-state index contributed by atoms with van der Waals surface area (Å²) in [6.07, 6.45) is 4.56. The van der Waals surface area contributed by atoms with Crippen molar-refractivity contribution in [1.82, 2.24) is 19.7 Å². The van der Waals surface area contributed by atoms with Gasteiger partial charge in [-0.25, -0.2) is 4.98 Å². The zero-order valence-electron chi connectivity index (χ0n) is 14.6. The molecular formula is C18H18ClN5OS2. The molecule has 1 aliphatic rings. The number of aromatic nitrogens is 4. The third-order valence-corrected chi connectivity index (χ3v) is 6.35. The summed E-state index contributed by atoms with van der Waals surface area (Å²) in [5, 5.41) is 14.7. The second-order valence-electron chi connectivity index (χ2n) is 6.37. The van der Waals surface area contributed by atoms with Gasteiger partial charge in [0.2, 0.25) is 5.91 Å². The van der Waals surface area contributed by atoms with E-state index in [1.54, 1.807) is 23.5 Å². The Kier molecular flexibility index (Phi) is 5.47. The summed E-state index contributed by atoms with van der Waals surface area (Å²) in [4.78, 5) is 17.9. The van der Waals surface area contributed by atoms with Crippen LogP contribution < -0.4 is 5.32 Å². The Labute approximate surface area is 170 Å². The second-order valence-corrected chi connectivity index (χ2v) is 9.14. The third-order valence-electron chi connectivity index (χ3n) is 4.19. The molecule has 27 heavy (non-hydrogen) atoms. The molecule has 1 N–H and O–H groups in total. The van der Waals surface area contributed by atoms with Crippen molar-refractivity contribution in [2.45, 2.75) is 42.6 Å². The predicted molar refractivity (Wildman–Crippen MR) is 109 cm³/mol. The first kappa shape index (κ1) is 18.5. The summed E-state index contributed by atoms with van der Waals surface area (Å²) in [7, 11) is 0. The van der Waals surface area contributed by atoms with Gasteiger partial charge in [-0.3, -0.25) is 4.79 Å². The van der Waals surface area contributed by atoms with E-state index in [4.69, 9.17) is 11.6 Å². The van der Waals surface area contributed by atoms with E-state index >= 15 is 0 Å². The highest BCUT2D eigenvalue weighted by molar-refractivity contribution is 8.00. The molecule has 6 nitrogen and oxygen atoms in total. The maximum Gasteiger partial charge on any atom is 0.238 e. The fourth-order valence-corrected chi connectivity index (χ4v) is 4.42. The number of nitrogens with zero attached hydrogens (tertiary/aromatic N) is 4. The summed E-state index contributed by atoms with van der Waals surface area (Å²) >= 11 is 8.98. The monoisotopic (exact) mass is 419 g/mol. The molecular weight excluding hydrogens is 402 g/mol. The van der Waals surface area contributed by atoms with Crippen LogP contribution in [0.25, 0.3) is 0 Å². The van der Waals surface area contributed by atoms with Crippen LogP contribution in [0.4, 0.5) is 5.82 Å². The highest BCUT2D eigenvalue weighted by atomic mass is 35.5. The molecule has 1 atom stereocenters. The molecule has 0 aliphatic heterocycles. The molecule has 0 spiro atoms. The van der Waals surface area contributed by atoms with E-state index in [1.165, 1.54) is 22.8 Å². The molecule has 1 fully saturated rings. The van der Waals surface area contributed by atoms with Gasteiger partial charge in [0, 0.05) is 23.5 Å². The molecule has 0 unspecified atom stereocenters. The minimum atomic E-state index is -0.321. The molecule has 3 heterocycles. The Morgan fingerprint density at radius 3 is 2.93 bits per heavy atom. The van der Waals surface area contributed by atoms with Crippen molar-refractivity contribution >= 4 is 46.4 Å². The van der Waals surface area contributed by atoms with Gasteiger partial charge in [-0.1, -0.05) is 29.4 Å². The van der Waals surface area contributed by atoms with Crippen LogP contribution in [-0.4, -0.2) is 30.9 Å². The largest absolute Gasteiger partial charge is 0.310 e. The highest BCUT2D eigenvalue weighted by Gasteiger charge is 2.31. The summed E-state index contributed by atoms with van der Waals surface area (Å²) < 4.78 is 2.20. The van der Waals surface area contributed by atoms with E-state index in [9.17, 15) is 4.79 Å². The van der Waals surface area contributed by atoms with E-state index in [0.717, 1.165) is 30.2 Å². The predicted octanol–water partition coefficient (Wildman–Crippen LogP) is 4.43. The average Bonchev–Trinajstić information content (AvgIpc) is 3.21. The first-order chi connectivity index (χ1) is 13.1. The SMILES string of the molecule is C[C@@H](Sc1nnc(Cc2cccs2)n1C1CC1)C(=O)Nc1ccc(Cl)cn1. The molecule has 1 aliphatic carbocycles. The Morgan fingerprint density at radius 1 is 1.41 bits per heavy atom. The number of thioether (sulfide) groups is 1. The van der Waals surface area contributed by atoms with Crippen molar-refractivity contribution in [2.24, 2.45) is 0 Å². The lowest BCUT2D eigenvalue weighted by atomic mass is 10.3. The normalized spacial score (nSPS) is 14.9. The van der Waals surface area contributed by atoms with E-state index in [-0.39, 0.29) is 11.2 Å². The van der Waals surface area contributed by atoms with Gasteiger partial charge in [0.15, 0.2) is 5.16 Å². The molecule has 3 aromatic heterocycles. The minimum absolute atomic E-state index is 0.125. The second kappa shape index (κ2) is 8.00. The van der Waals surface area contributed by atoms with Crippen LogP contribution in [0, 0.1) is 0 Å². The summed E-state index contributed by atoms with van der Waals surface area (Å²) in [6, 6.07) is 7.99. The maximum absolute atomic E-state index is 12.5. The number of hydrogen-bond acceptors (Lipinski definition) is 6. The van der Waals surface area contributed by atoms with Crippen LogP contribution in [0.3, 0.4) is 0 Å². The summed E-state index contributed by atoms with van der Waals surface area (Å²) in [6.45, 7) is 1.86. The number of rotatable bonds is 7. The van der Waals surface area contributed by atoms with Crippen molar-refractivity contribution in [3.63, 3.8) is 0 Å². The lowest BCUT2D eigenvalue weighted by Crippen LogP contribution is -2.23. The summed E-state index contributed by atoms with van der Waals surface area (Å²) in [5.41, 5.74) is 0. The van der Waals surface area contributed by atoms with Crippen molar-refractivity contribution < 1.29 is 4.79 Å². The third kappa shape index (κ3) is 4.51. The van der Waals surface area contributed by atoms with Crippen molar-refractivity contribution in [2.75, 3.05) is 5.32 Å². The van der Waals surface area contributed by atoms with E-state index < -0.39 is 0 Å². The van der Waals surface area contributed by atoms with Crippen LogP contribution in [0.2, 0.25) is 5.02 Å². The fourth-order valence-electron chi connectivity index (χ4n) is 2.67. The molecule has 0 bridgehead atoms. The van der Waals surface area contributed by atoms with Crippen LogP contribution >= 0.6 is 34.7 Å². The van der Waals surface area contributed by atoms with Gasteiger partial charge in [-0.2, -0.15) is 0 Å². The van der Waals surface area contributed by atoms with Crippen molar-refractivity contribution in [3.05, 3.63) is 51.6 Å². The molecule has 9 heteroatoms. The number of thiophene rings is 1. The Hall–Kier alpha value is -1.90. The quantitative estimate of drug-likeness (QED) is 0.573. The Morgan fingerprint density at radius 2 is 2.26 bits per heavy atom. The van der Waals surface area contributed by atoms with Gasteiger partial charge in [-0.05, 0) is 43.3 Å². The molecule has 0 radical (unpaired) electrons. The number of pyridine rings is 1. The van der Waals surface area contributed by atoms with Gasteiger partial charge < -0.3 is 9.88 Å². The molecule has 1 amide bonds. The standard InChI is InChI=1S/C18H18ClN5OS2/c1-11(17(25)21-15-7-4-12(19)10-20-15)27-18-23-22-16(24(18)13-5-6-13)9-14-3-2-8-26-14/h2-4,7-8,10-11,13H,5-6,9H2,1H3,(H,20,21,25)/t11-/m1/s1. The Bertz CT molecular complexity index is 922. The molecule has 4 rings (SSSR count). The minimum Gasteiger partial charge on any atom is -0.310 e. The zero-order chi connectivity index (χ0) is 18.8. The molecule has 140 valence electrons. The highest BCUT2D eigenvalue weighted by Crippen LogP contribution is 2.40. The Balaban J connectivity index is 1.46. The van der Waals surface area contributed by atoms with Gasteiger partial charge in [0.1, 0.15) is 11.6 Å². The number of amides is 1. The van der Waals surface area contributed by atoms with E-state index in [0.29, 0.717) is 16.9 Å². The number of carbonyl (C=O) groups excluding carboxylic acids is 1. The van der Waals surface area contributed by atoms with E-state index in [1.807, 2.05) is 13.0 Å². The van der Waals surface area contributed by atoms with Crippen LogP contribution in [0.15, 0.2) is 41.0 Å². The zero-order valence-corrected chi connectivity index (χ0v) is 17.0. The van der Waals surface area contributed by atoms with Crippen LogP contribution in [0.5, 0.6) is 0 Å². The fraction of sp³-hybridized carbons (Fsp3) is 0.333. The van der Waals surface area contributed by atoms with Gasteiger partial charge >= 0.3 is 0 Å². The first-order valence-corrected chi connectivity index (χ1v) is 10.8. The van der Waals surface area contributed by atoms with Crippen molar-refractivity contribution in [3.8, 4) is 0 Å². The molecule has 0 aromatic carbocycles. The molecule has 3 aromatic rings. The molecule has 0 saturated heterocycles. The summed E-state index contributed by atoms with van der Waals surface area (Å²) in [5.74, 6) is 1.33. The van der Waals surface area contributed by atoms with Gasteiger partial charge in [-0.15, -0.1) is 21.5 Å². The lowest BCUT2D eigenvalue weighted by Gasteiger charge is -2.13. The number of anilines is 1. The average molecular weight is 420 g/mol. The maximum atomic E-state index is 12.5. The first-order valence-electron chi connectivity index (χ1n) is 8.65. The van der Waals surface area contributed by atoms with Crippen LogP contribution in [0.1, 0.15) is 36.5 Å². The lowest BCUT2D eigenvalue weighted by molar-refractivity contribution is -0.115. The number of hydrogen-bond donors (Lipinski definition) is 1. The van der Waals surface area contributed by atoms with Crippen molar-refractivity contribution in [1.29, 1.82) is 0 Å². The smallest absolute Gasteiger partial charge is 0.238 e. The van der Waals surface area contributed by atoms with E-state index in [2.05, 4.69) is 36.5 Å². The van der Waals surface area contributed by atoms with Gasteiger partial charge in [0.05, 0.1) is 10.3 Å². The molecule has 1 saturated carbocycles. The van der Waals surface area contributed by atoms with Gasteiger partial charge in [0.25, 0.3) is 0 Å². The van der Waals surface area contributed by atoms with Crippen LogP contribution in [-0.2, 0) is 11.2 Å².